The molecule has 0 aromatic heterocycles. The standard InChI is InChI=1S/C13H17N3O4S/c17-16(18)11-4-1-5-12(7-11)21(19,20)15-8-10-3-2-6-14-13(10)9-15/h1,4-5,7,10,13-14H,2-3,6,8-9H2/t10-,13+/m0/s1. The summed E-state index contributed by atoms with van der Waals surface area (Å²) in [5, 5.41) is 14.1. The van der Waals surface area contributed by atoms with E-state index in [1.54, 1.807) is 0 Å². The van der Waals surface area contributed by atoms with Crippen molar-refractivity contribution in [2.45, 2.75) is 23.8 Å². The first kappa shape index (κ1) is 14.4. The van der Waals surface area contributed by atoms with E-state index in [1.165, 1.54) is 22.5 Å². The van der Waals surface area contributed by atoms with Crippen LogP contribution in [0.2, 0.25) is 0 Å². The van der Waals surface area contributed by atoms with Gasteiger partial charge >= 0.3 is 0 Å². The third-order valence-corrected chi connectivity index (χ3v) is 6.06. The van der Waals surface area contributed by atoms with E-state index in [0.29, 0.717) is 19.0 Å². The Bertz CT molecular complexity index is 647. The fourth-order valence-corrected chi connectivity index (χ4v) is 4.67. The molecule has 3 rings (SSSR count). The predicted octanol–water partition coefficient (Wildman–Crippen LogP) is 0.967. The van der Waals surface area contributed by atoms with Crippen molar-refractivity contribution >= 4 is 15.7 Å². The zero-order valence-electron chi connectivity index (χ0n) is 11.4. The molecular formula is C13H17N3O4S. The Labute approximate surface area is 123 Å². The number of nitrogens with zero attached hydrogens (tertiary/aromatic N) is 2. The summed E-state index contributed by atoms with van der Waals surface area (Å²) < 4.78 is 26.7. The summed E-state index contributed by atoms with van der Waals surface area (Å²) >= 11 is 0. The highest BCUT2D eigenvalue weighted by atomic mass is 32.2. The molecule has 21 heavy (non-hydrogen) atoms. The minimum Gasteiger partial charge on any atom is -0.312 e. The van der Waals surface area contributed by atoms with E-state index >= 15 is 0 Å². The van der Waals surface area contributed by atoms with Crippen LogP contribution in [-0.4, -0.2) is 43.3 Å². The summed E-state index contributed by atoms with van der Waals surface area (Å²) in [5.41, 5.74) is -0.203. The maximum Gasteiger partial charge on any atom is 0.270 e. The second-order valence-electron chi connectivity index (χ2n) is 5.54. The Kier molecular flexibility index (Phi) is 3.68. The monoisotopic (exact) mass is 311 g/mol. The van der Waals surface area contributed by atoms with Gasteiger partial charge in [0, 0.05) is 31.3 Å². The summed E-state index contributed by atoms with van der Waals surface area (Å²) in [4.78, 5) is 10.2. The number of rotatable bonds is 3. The van der Waals surface area contributed by atoms with Crippen LogP contribution in [0.25, 0.3) is 0 Å². The van der Waals surface area contributed by atoms with Crippen LogP contribution in [0.1, 0.15) is 12.8 Å². The number of piperidine rings is 1. The van der Waals surface area contributed by atoms with Crippen LogP contribution in [0.3, 0.4) is 0 Å². The highest BCUT2D eigenvalue weighted by Crippen LogP contribution is 2.30. The highest BCUT2D eigenvalue weighted by molar-refractivity contribution is 7.89. The predicted molar refractivity (Wildman–Crippen MR) is 76.4 cm³/mol. The van der Waals surface area contributed by atoms with Crippen LogP contribution in [0.5, 0.6) is 0 Å². The summed E-state index contributed by atoms with van der Waals surface area (Å²) in [6.07, 6.45) is 2.09. The third kappa shape index (κ3) is 2.66. The topological polar surface area (TPSA) is 92.5 Å². The van der Waals surface area contributed by atoms with Crippen molar-refractivity contribution in [1.29, 1.82) is 0 Å². The van der Waals surface area contributed by atoms with Crippen molar-refractivity contribution in [2.24, 2.45) is 5.92 Å². The average molecular weight is 311 g/mol. The van der Waals surface area contributed by atoms with Crippen molar-refractivity contribution in [3.63, 3.8) is 0 Å². The van der Waals surface area contributed by atoms with Crippen LogP contribution in [0.15, 0.2) is 29.2 Å². The Hall–Kier alpha value is -1.51. The van der Waals surface area contributed by atoms with Crippen molar-refractivity contribution in [3.05, 3.63) is 34.4 Å². The van der Waals surface area contributed by atoms with Gasteiger partial charge in [0.1, 0.15) is 0 Å². The highest BCUT2D eigenvalue weighted by Gasteiger charge is 2.40. The van der Waals surface area contributed by atoms with Gasteiger partial charge in [-0.3, -0.25) is 10.1 Å². The van der Waals surface area contributed by atoms with Crippen LogP contribution in [-0.2, 0) is 10.0 Å². The number of nitro groups is 1. The molecule has 0 spiro atoms. The smallest absolute Gasteiger partial charge is 0.270 e. The number of non-ortho nitro benzene ring substituents is 1. The quantitative estimate of drug-likeness (QED) is 0.663. The minimum atomic E-state index is -3.66. The fourth-order valence-electron chi connectivity index (χ4n) is 3.11. The van der Waals surface area contributed by atoms with Gasteiger partial charge < -0.3 is 5.32 Å². The normalized spacial score (nSPS) is 26.5. The molecule has 1 aromatic carbocycles. The molecule has 0 aliphatic carbocycles. The van der Waals surface area contributed by atoms with Crippen molar-refractivity contribution in [2.75, 3.05) is 19.6 Å². The zero-order chi connectivity index (χ0) is 15.0. The molecule has 2 aliphatic heterocycles. The molecule has 1 N–H and O–H groups in total. The molecule has 2 aliphatic rings. The van der Waals surface area contributed by atoms with Gasteiger partial charge in [-0.1, -0.05) is 6.07 Å². The Morgan fingerprint density at radius 1 is 1.33 bits per heavy atom. The lowest BCUT2D eigenvalue weighted by atomic mass is 9.94. The van der Waals surface area contributed by atoms with Gasteiger partial charge in [0.2, 0.25) is 10.0 Å². The van der Waals surface area contributed by atoms with Gasteiger partial charge in [-0.15, -0.1) is 0 Å². The van der Waals surface area contributed by atoms with Gasteiger partial charge in [-0.2, -0.15) is 4.31 Å². The van der Waals surface area contributed by atoms with E-state index in [-0.39, 0.29) is 16.6 Å². The second-order valence-corrected chi connectivity index (χ2v) is 7.48. The lowest BCUT2D eigenvalue weighted by Gasteiger charge is -2.24. The number of sulfonamides is 1. The van der Waals surface area contributed by atoms with Gasteiger partial charge in [-0.05, 0) is 31.4 Å². The lowest BCUT2D eigenvalue weighted by molar-refractivity contribution is -0.385. The molecule has 1 aromatic rings. The summed E-state index contributed by atoms with van der Waals surface area (Å²) in [7, 11) is -3.66. The summed E-state index contributed by atoms with van der Waals surface area (Å²) in [5.74, 6) is 0.340. The van der Waals surface area contributed by atoms with Gasteiger partial charge in [0.15, 0.2) is 0 Å². The number of fused-ring (bicyclic) bond motifs is 1. The van der Waals surface area contributed by atoms with Crippen LogP contribution >= 0.6 is 0 Å². The van der Waals surface area contributed by atoms with E-state index < -0.39 is 14.9 Å². The van der Waals surface area contributed by atoms with E-state index in [4.69, 9.17) is 0 Å². The molecule has 7 nitrogen and oxygen atoms in total. The molecule has 0 saturated carbocycles. The van der Waals surface area contributed by atoms with E-state index in [0.717, 1.165) is 25.5 Å². The number of benzene rings is 1. The first-order chi connectivity index (χ1) is 9.98. The van der Waals surface area contributed by atoms with E-state index in [1.807, 2.05) is 0 Å². The van der Waals surface area contributed by atoms with Crippen molar-refractivity contribution < 1.29 is 13.3 Å². The van der Waals surface area contributed by atoms with Gasteiger partial charge in [0.05, 0.1) is 9.82 Å². The largest absolute Gasteiger partial charge is 0.312 e. The molecule has 2 atom stereocenters. The minimum absolute atomic E-state index is 0.00431. The number of nitro benzene ring substituents is 1. The molecule has 2 heterocycles. The molecule has 0 bridgehead atoms. The molecule has 0 amide bonds. The molecule has 0 radical (unpaired) electrons. The van der Waals surface area contributed by atoms with Crippen molar-refractivity contribution in [3.8, 4) is 0 Å². The van der Waals surface area contributed by atoms with Crippen LogP contribution in [0.4, 0.5) is 5.69 Å². The Balaban J connectivity index is 1.87. The van der Waals surface area contributed by atoms with E-state index in [9.17, 15) is 18.5 Å². The van der Waals surface area contributed by atoms with Crippen LogP contribution in [0, 0.1) is 16.0 Å². The molecule has 2 saturated heterocycles. The Morgan fingerprint density at radius 2 is 2.14 bits per heavy atom. The number of hydrogen-bond donors (Lipinski definition) is 1. The van der Waals surface area contributed by atoms with Gasteiger partial charge in [0.25, 0.3) is 5.69 Å². The Morgan fingerprint density at radius 3 is 2.86 bits per heavy atom. The summed E-state index contributed by atoms with van der Waals surface area (Å²) in [6.45, 7) is 1.85. The average Bonchev–Trinajstić information content (AvgIpc) is 2.92. The van der Waals surface area contributed by atoms with Crippen LogP contribution < -0.4 is 5.32 Å². The maximum atomic E-state index is 12.6. The summed E-state index contributed by atoms with van der Waals surface area (Å²) in [6, 6.07) is 5.45. The number of hydrogen-bond acceptors (Lipinski definition) is 5. The van der Waals surface area contributed by atoms with Gasteiger partial charge in [-0.25, -0.2) is 8.42 Å². The van der Waals surface area contributed by atoms with E-state index in [2.05, 4.69) is 5.32 Å². The first-order valence-electron chi connectivity index (χ1n) is 6.96. The second kappa shape index (κ2) is 5.36. The zero-order valence-corrected chi connectivity index (χ0v) is 12.3. The molecule has 114 valence electrons. The molecular weight excluding hydrogens is 294 g/mol. The van der Waals surface area contributed by atoms with Crippen molar-refractivity contribution in [1.82, 2.24) is 9.62 Å². The third-order valence-electron chi connectivity index (χ3n) is 4.23. The molecule has 8 heteroatoms. The SMILES string of the molecule is O=[N+]([O-])c1cccc(S(=O)(=O)N2C[C@@H]3CCCN[C@@H]3C2)c1. The molecule has 0 unspecified atom stereocenters. The number of nitrogens with one attached hydrogen (secondary N) is 1. The molecule has 2 fully saturated rings. The fraction of sp³-hybridized carbons (Fsp3) is 0.538. The maximum absolute atomic E-state index is 12.6. The first-order valence-corrected chi connectivity index (χ1v) is 8.40. The lowest BCUT2D eigenvalue weighted by Crippen LogP contribution is -2.41.